The second-order valence-corrected chi connectivity index (χ2v) is 9.16. The van der Waals surface area contributed by atoms with Crippen LogP contribution in [-0.4, -0.2) is 19.9 Å². The third-order valence-electron chi connectivity index (χ3n) is 5.63. The Balaban J connectivity index is 2.21. The van der Waals surface area contributed by atoms with Crippen LogP contribution in [0.1, 0.15) is 54.4 Å². The molecule has 2 aliphatic rings. The monoisotopic (exact) mass is 296 g/mol. The molecule has 2 rings (SSSR count). The molecule has 2 saturated carbocycles. The number of carbonyl (C=O) groups excluding carboxylic acids is 1. The summed E-state index contributed by atoms with van der Waals surface area (Å²) in [5, 5.41) is 0. The van der Waals surface area contributed by atoms with Crippen LogP contribution < -0.4 is 0 Å². The Morgan fingerprint density at radius 2 is 1.57 bits per heavy atom. The van der Waals surface area contributed by atoms with Gasteiger partial charge < -0.3 is 9.47 Å². The van der Waals surface area contributed by atoms with Crippen molar-refractivity contribution in [1.82, 2.24) is 0 Å². The zero-order valence-electron chi connectivity index (χ0n) is 14.7. The summed E-state index contributed by atoms with van der Waals surface area (Å²) in [4.78, 5) is 12.3. The second-order valence-electron chi connectivity index (χ2n) is 9.16. The van der Waals surface area contributed by atoms with Gasteiger partial charge in [-0.05, 0) is 47.3 Å². The van der Waals surface area contributed by atoms with Crippen LogP contribution in [0.15, 0.2) is 0 Å². The fourth-order valence-electron chi connectivity index (χ4n) is 5.28. The third-order valence-corrected chi connectivity index (χ3v) is 5.63. The van der Waals surface area contributed by atoms with Crippen LogP contribution in [-0.2, 0) is 14.3 Å². The number of esters is 1. The van der Waals surface area contributed by atoms with Gasteiger partial charge in [-0.2, -0.15) is 0 Å². The van der Waals surface area contributed by atoms with Crippen LogP contribution >= 0.6 is 0 Å². The number of hydrogen-bond acceptors (Lipinski definition) is 3. The number of hydrogen-bond donors (Lipinski definition) is 0. The molecule has 2 bridgehead atoms. The van der Waals surface area contributed by atoms with E-state index in [4.69, 9.17) is 9.47 Å². The van der Waals surface area contributed by atoms with Gasteiger partial charge in [-0.3, -0.25) is 4.79 Å². The Hall–Kier alpha value is -0.570. The molecule has 3 heteroatoms. The summed E-state index contributed by atoms with van der Waals surface area (Å²) in [6.07, 6.45) is 2.19. The van der Waals surface area contributed by atoms with Crippen molar-refractivity contribution in [2.45, 2.75) is 54.4 Å². The van der Waals surface area contributed by atoms with Crippen LogP contribution in [0.3, 0.4) is 0 Å². The molecule has 0 aliphatic heterocycles. The van der Waals surface area contributed by atoms with Crippen molar-refractivity contribution in [3.8, 4) is 0 Å². The number of fused-ring (bicyclic) bond motifs is 2. The predicted molar refractivity (Wildman–Crippen MR) is 83.6 cm³/mol. The average molecular weight is 296 g/mol. The Morgan fingerprint density at radius 3 is 2.05 bits per heavy atom. The van der Waals surface area contributed by atoms with Gasteiger partial charge in [0.15, 0.2) is 6.79 Å². The van der Waals surface area contributed by atoms with Crippen LogP contribution in [0.4, 0.5) is 0 Å². The molecule has 3 nitrogen and oxygen atoms in total. The van der Waals surface area contributed by atoms with Crippen molar-refractivity contribution >= 4 is 5.97 Å². The molecule has 0 spiro atoms. The first-order valence-electron chi connectivity index (χ1n) is 8.23. The first-order valence-corrected chi connectivity index (χ1v) is 8.23. The number of carbonyl (C=O) groups is 1. The highest BCUT2D eigenvalue weighted by molar-refractivity contribution is 5.73. The first-order chi connectivity index (χ1) is 9.57. The maximum Gasteiger partial charge on any atom is 0.311 e. The van der Waals surface area contributed by atoms with Crippen LogP contribution in [0, 0.1) is 40.4 Å². The fraction of sp³-hybridized carbons (Fsp3) is 0.944. The lowest BCUT2D eigenvalue weighted by Gasteiger charge is -2.48. The smallest absolute Gasteiger partial charge is 0.311 e. The molecular formula is C18H32O3. The maximum absolute atomic E-state index is 12.3. The van der Waals surface area contributed by atoms with E-state index in [1.165, 1.54) is 6.42 Å². The second kappa shape index (κ2) is 5.57. The average Bonchev–Trinajstić information content (AvgIpc) is 2.91. The number of ether oxygens (including phenoxy) is 2. The predicted octanol–water partition coefficient (Wildman–Crippen LogP) is 4.11. The van der Waals surface area contributed by atoms with E-state index in [1.54, 1.807) is 7.11 Å². The highest BCUT2D eigenvalue weighted by Gasteiger charge is 2.60. The molecule has 21 heavy (non-hydrogen) atoms. The minimum absolute atomic E-state index is 0.0500. The molecule has 0 amide bonds. The van der Waals surface area contributed by atoms with Crippen molar-refractivity contribution in [1.29, 1.82) is 0 Å². The lowest BCUT2D eigenvalue weighted by molar-refractivity contribution is -0.164. The summed E-state index contributed by atoms with van der Waals surface area (Å²) in [7, 11) is 1.56. The molecule has 0 N–H and O–H groups in total. The molecule has 0 aromatic rings. The highest BCUT2D eigenvalue weighted by Crippen LogP contribution is 2.64. The molecule has 0 aromatic heterocycles. The normalized spacial score (nSPS) is 36.0. The van der Waals surface area contributed by atoms with E-state index in [2.05, 4.69) is 41.5 Å². The lowest BCUT2D eigenvalue weighted by atomic mass is 9.57. The quantitative estimate of drug-likeness (QED) is 0.580. The molecule has 5 atom stereocenters. The molecule has 0 aromatic carbocycles. The Bertz CT molecular complexity index is 388. The van der Waals surface area contributed by atoms with Crippen LogP contribution in [0.2, 0.25) is 0 Å². The SMILES string of the molecule is COCOC(=O)C1CC2CC1C(C(C)(C)C)C2C(C)(C)C. The van der Waals surface area contributed by atoms with Crippen molar-refractivity contribution in [2.75, 3.05) is 13.9 Å². The summed E-state index contributed by atoms with van der Waals surface area (Å²) < 4.78 is 10.1. The molecule has 2 aliphatic carbocycles. The third kappa shape index (κ3) is 3.13. The van der Waals surface area contributed by atoms with Gasteiger partial charge >= 0.3 is 5.97 Å². The number of methoxy groups -OCH3 is 1. The van der Waals surface area contributed by atoms with E-state index in [-0.39, 0.29) is 24.1 Å². The minimum Gasteiger partial charge on any atom is -0.438 e. The molecular weight excluding hydrogens is 264 g/mol. The summed E-state index contributed by atoms with van der Waals surface area (Å²) in [5.41, 5.74) is 0.538. The van der Waals surface area contributed by atoms with Gasteiger partial charge in [0.25, 0.3) is 0 Å². The summed E-state index contributed by atoms with van der Waals surface area (Å²) in [5.74, 6) is 2.46. The van der Waals surface area contributed by atoms with Gasteiger partial charge in [0, 0.05) is 7.11 Å². The molecule has 2 fully saturated rings. The Labute approximate surface area is 129 Å². The van der Waals surface area contributed by atoms with E-state index < -0.39 is 0 Å². The van der Waals surface area contributed by atoms with Gasteiger partial charge in [-0.1, -0.05) is 41.5 Å². The fourth-order valence-corrected chi connectivity index (χ4v) is 5.28. The first kappa shape index (κ1) is 16.8. The standard InChI is InChI=1S/C18H32O3/c1-17(2,3)14-11-8-12(15(14)18(4,5)6)13(9-11)16(19)21-10-20-7/h11-15H,8-10H2,1-7H3. The lowest BCUT2D eigenvalue weighted by Crippen LogP contribution is -2.44. The molecule has 5 unspecified atom stereocenters. The highest BCUT2D eigenvalue weighted by atomic mass is 16.7. The minimum atomic E-state index is -0.0500. The Morgan fingerprint density at radius 1 is 1.00 bits per heavy atom. The Kier molecular flexibility index (Phi) is 4.45. The van der Waals surface area contributed by atoms with Gasteiger partial charge in [-0.25, -0.2) is 0 Å². The zero-order chi connectivity index (χ0) is 16.0. The van der Waals surface area contributed by atoms with E-state index in [9.17, 15) is 4.79 Å². The summed E-state index contributed by atoms with van der Waals surface area (Å²) in [6, 6.07) is 0. The van der Waals surface area contributed by atoms with Gasteiger partial charge in [-0.15, -0.1) is 0 Å². The molecule has 122 valence electrons. The zero-order valence-corrected chi connectivity index (χ0v) is 14.7. The van der Waals surface area contributed by atoms with Crippen molar-refractivity contribution in [3.63, 3.8) is 0 Å². The molecule has 0 radical (unpaired) electrons. The van der Waals surface area contributed by atoms with E-state index >= 15 is 0 Å². The largest absolute Gasteiger partial charge is 0.438 e. The van der Waals surface area contributed by atoms with E-state index in [0.717, 1.165) is 6.42 Å². The van der Waals surface area contributed by atoms with Gasteiger partial charge in [0.2, 0.25) is 0 Å². The summed E-state index contributed by atoms with van der Waals surface area (Å²) >= 11 is 0. The topological polar surface area (TPSA) is 35.5 Å². The van der Waals surface area contributed by atoms with E-state index in [0.29, 0.717) is 29.1 Å². The molecule has 0 saturated heterocycles. The van der Waals surface area contributed by atoms with Crippen LogP contribution in [0.25, 0.3) is 0 Å². The maximum atomic E-state index is 12.3. The number of rotatable bonds is 3. The van der Waals surface area contributed by atoms with Gasteiger partial charge in [0.1, 0.15) is 0 Å². The summed E-state index contributed by atoms with van der Waals surface area (Å²) in [6.45, 7) is 14.1. The molecule has 0 heterocycles. The van der Waals surface area contributed by atoms with Crippen molar-refractivity contribution < 1.29 is 14.3 Å². The van der Waals surface area contributed by atoms with E-state index in [1.807, 2.05) is 0 Å². The van der Waals surface area contributed by atoms with Crippen molar-refractivity contribution in [2.24, 2.45) is 40.4 Å². The van der Waals surface area contributed by atoms with Crippen LogP contribution in [0.5, 0.6) is 0 Å². The van der Waals surface area contributed by atoms with Gasteiger partial charge in [0.05, 0.1) is 5.92 Å². The van der Waals surface area contributed by atoms with Crippen molar-refractivity contribution in [3.05, 3.63) is 0 Å².